The van der Waals surface area contributed by atoms with Crippen LogP contribution >= 0.6 is 0 Å². The van der Waals surface area contributed by atoms with E-state index in [0.717, 1.165) is 18.4 Å². The lowest BCUT2D eigenvalue weighted by molar-refractivity contribution is -0.428. The minimum absolute atomic E-state index is 0.161. The van der Waals surface area contributed by atoms with Gasteiger partial charge >= 0.3 is 0 Å². The lowest BCUT2D eigenvalue weighted by atomic mass is 9.78. The maximum absolute atomic E-state index is 11.5. The van der Waals surface area contributed by atoms with E-state index >= 15 is 0 Å². The maximum atomic E-state index is 11.5. The van der Waals surface area contributed by atoms with Crippen molar-refractivity contribution in [3.63, 3.8) is 0 Å². The van der Waals surface area contributed by atoms with E-state index in [1.807, 2.05) is 0 Å². The first-order valence-electron chi connectivity index (χ1n) is 4.75. The fourth-order valence-electron chi connectivity index (χ4n) is 2.08. The second kappa shape index (κ2) is 3.36. The summed E-state index contributed by atoms with van der Waals surface area (Å²) in [7, 11) is 0. The number of carbonyl (C=O) groups excluding carboxylic acids is 1. The molecule has 0 aromatic heterocycles. The van der Waals surface area contributed by atoms with E-state index in [-0.39, 0.29) is 23.8 Å². The average molecular weight is 193 g/mol. The van der Waals surface area contributed by atoms with Gasteiger partial charge in [0.2, 0.25) is 5.70 Å². The van der Waals surface area contributed by atoms with Crippen molar-refractivity contribution >= 4 is 5.78 Å². The normalized spacial score (nSPS) is 26.3. The van der Waals surface area contributed by atoms with Gasteiger partial charge in [0.25, 0.3) is 0 Å². The molecular formula is C10H11NO3. The van der Waals surface area contributed by atoms with Crippen LogP contribution in [0.5, 0.6) is 0 Å². The number of rotatable bonds is 1. The number of allylic oxidation sites excluding steroid dienone is 4. The molecule has 1 atom stereocenters. The summed E-state index contributed by atoms with van der Waals surface area (Å²) >= 11 is 0. The van der Waals surface area contributed by atoms with Crippen molar-refractivity contribution in [2.24, 2.45) is 5.92 Å². The monoisotopic (exact) mass is 193 g/mol. The van der Waals surface area contributed by atoms with Gasteiger partial charge in [-0.25, -0.2) is 0 Å². The Morgan fingerprint density at radius 2 is 2.14 bits per heavy atom. The smallest absolute Gasteiger partial charge is 0.247 e. The number of nitro groups is 1. The third-order valence-electron chi connectivity index (χ3n) is 2.86. The molecule has 0 aliphatic heterocycles. The Kier molecular flexibility index (Phi) is 2.19. The summed E-state index contributed by atoms with van der Waals surface area (Å²) in [5, 5.41) is 10.5. The summed E-state index contributed by atoms with van der Waals surface area (Å²) in [5.41, 5.74) is 1.24. The predicted octanol–water partition coefficient (Wildman–Crippen LogP) is 1.85. The summed E-state index contributed by atoms with van der Waals surface area (Å²) in [6.07, 6.45) is 5.96. The van der Waals surface area contributed by atoms with Crippen molar-refractivity contribution in [1.29, 1.82) is 0 Å². The molecule has 0 aromatic rings. The molecule has 0 N–H and O–H groups in total. The van der Waals surface area contributed by atoms with Gasteiger partial charge in [0, 0.05) is 18.4 Å². The van der Waals surface area contributed by atoms with Gasteiger partial charge in [-0.3, -0.25) is 14.9 Å². The molecule has 14 heavy (non-hydrogen) atoms. The van der Waals surface area contributed by atoms with E-state index in [4.69, 9.17) is 0 Å². The molecule has 0 heterocycles. The molecule has 0 bridgehead atoms. The first-order chi connectivity index (χ1) is 6.68. The first kappa shape index (κ1) is 9.12. The molecule has 2 rings (SSSR count). The summed E-state index contributed by atoms with van der Waals surface area (Å²) in [6.45, 7) is 0. The molecule has 0 saturated heterocycles. The summed E-state index contributed by atoms with van der Waals surface area (Å²) in [4.78, 5) is 21.6. The number of hydrogen-bond acceptors (Lipinski definition) is 3. The molecule has 1 unspecified atom stereocenters. The Balaban J connectivity index is 2.26. The van der Waals surface area contributed by atoms with E-state index in [0.29, 0.717) is 6.42 Å². The van der Waals surface area contributed by atoms with E-state index < -0.39 is 4.92 Å². The molecule has 0 amide bonds. The Morgan fingerprint density at radius 3 is 2.86 bits per heavy atom. The van der Waals surface area contributed by atoms with E-state index in [1.165, 1.54) is 6.08 Å². The minimum atomic E-state index is -0.394. The topological polar surface area (TPSA) is 60.2 Å². The van der Waals surface area contributed by atoms with Crippen LogP contribution in [0.3, 0.4) is 0 Å². The quantitative estimate of drug-likeness (QED) is 0.471. The van der Waals surface area contributed by atoms with Gasteiger partial charge in [0.1, 0.15) is 5.78 Å². The fraction of sp³-hybridized carbons (Fsp3) is 0.500. The molecule has 4 heteroatoms. The highest BCUT2D eigenvalue weighted by atomic mass is 16.6. The van der Waals surface area contributed by atoms with Gasteiger partial charge in [0.05, 0.1) is 11.3 Å². The zero-order chi connectivity index (χ0) is 10.1. The molecule has 0 radical (unpaired) electrons. The third-order valence-corrected chi connectivity index (χ3v) is 2.86. The molecule has 1 saturated carbocycles. The van der Waals surface area contributed by atoms with Gasteiger partial charge in [-0.15, -0.1) is 0 Å². The maximum Gasteiger partial charge on any atom is 0.247 e. The molecule has 2 aliphatic rings. The SMILES string of the molecule is O=C1CCCC2=CC=C([N+](=O)[O-])CC12. The molecule has 0 spiro atoms. The zero-order valence-corrected chi connectivity index (χ0v) is 7.73. The van der Waals surface area contributed by atoms with Crippen LogP contribution in [0, 0.1) is 16.0 Å². The van der Waals surface area contributed by atoms with Crippen molar-refractivity contribution in [3.05, 3.63) is 33.5 Å². The minimum Gasteiger partial charge on any atom is -0.299 e. The highest BCUT2D eigenvalue weighted by Crippen LogP contribution is 2.34. The highest BCUT2D eigenvalue weighted by Gasteiger charge is 2.32. The Morgan fingerprint density at radius 1 is 1.36 bits per heavy atom. The predicted molar refractivity (Wildman–Crippen MR) is 50.1 cm³/mol. The van der Waals surface area contributed by atoms with Gasteiger partial charge in [0.15, 0.2) is 0 Å². The average Bonchev–Trinajstić information content (AvgIpc) is 2.18. The van der Waals surface area contributed by atoms with Gasteiger partial charge < -0.3 is 0 Å². The van der Waals surface area contributed by atoms with Gasteiger partial charge in [-0.2, -0.15) is 0 Å². The van der Waals surface area contributed by atoms with E-state index in [2.05, 4.69) is 0 Å². The molecule has 1 fully saturated rings. The summed E-state index contributed by atoms with van der Waals surface area (Å²) < 4.78 is 0. The number of Topliss-reactive ketones (excluding diaryl/α,β-unsaturated/α-hetero) is 1. The van der Waals surface area contributed by atoms with Crippen molar-refractivity contribution in [1.82, 2.24) is 0 Å². The Labute approximate surface area is 81.4 Å². The van der Waals surface area contributed by atoms with Crippen LogP contribution in [0.1, 0.15) is 25.7 Å². The largest absolute Gasteiger partial charge is 0.299 e. The fourth-order valence-corrected chi connectivity index (χ4v) is 2.08. The van der Waals surface area contributed by atoms with Crippen molar-refractivity contribution in [2.45, 2.75) is 25.7 Å². The second-order valence-electron chi connectivity index (χ2n) is 3.73. The second-order valence-corrected chi connectivity index (χ2v) is 3.73. The van der Waals surface area contributed by atoms with Gasteiger partial charge in [-0.1, -0.05) is 11.6 Å². The van der Waals surface area contributed by atoms with Gasteiger partial charge in [-0.05, 0) is 12.8 Å². The van der Waals surface area contributed by atoms with E-state index in [9.17, 15) is 14.9 Å². The lowest BCUT2D eigenvalue weighted by Crippen LogP contribution is -2.25. The summed E-state index contributed by atoms with van der Waals surface area (Å²) in [5.74, 6) is -0.0379. The van der Waals surface area contributed by atoms with Crippen LogP contribution in [0.15, 0.2) is 23.4 Å². The number of ketones is 1. The Bertz CT molecular complexity index is 354. The molecule has 0 aromatic carbocycles. The van der Waals surface area contributed by atoms with Crippen LogP contribution in [-0.4, -0.2) is 10.7 Å². The zero-order valence-electron chi connectivity index (χ0n) is 7.73. The van der Waals surface area contributed by atoms with Crippen LogP contribution in [-0.2, 0) is 4.79 Å². The van der Waals surface area contributed by atoms with Crippen LogP contribution in [0.4, 0.5) is 0 Å². The number of hydrogen-bond donors (Lipinski definition) is 0. The number of carbonyl (C=O) groups is 1. The molecular weight excluding hydrogens is 182 g/mol. The van der Waals surface area contributed by atoms with Crippen LogP contribution in [0.2, 0.25) is 0 Å². The van der Waals surface area contributed by atoms with Crippen molar-refractivity contribution in [3.8, 4) is 0 Å². The molecule has 2 aliphatic carbocycles. The molecule has 74 valence electrons. The number of fused-ring (bicyclic) bond motifs is 1. The van der Waals surface area contributed by atoms with Crippen molar-refractivity contribution < 1.29 is 9.72 Å². The highest BCUT2D eigenvalue weighted by molar-refractivity contribution is 5.85. The summed E-state index contributed by atoms with van der Waals surface area (Å²) in [6, 6.07) is 0. The van der Waals surface area contributed by atoms with E-state index in [1.54, 1.807) is 6.08 Å². The molecule has 4 nitrogen and oxygen atoms in total. The number of nitrogens with zero attached hydrogens (tertiary/aromatic N) is 1. The third kappa shape index (κ3) is 1.47. The van der Waals surface area contributed by atoms with Crippen LogP contribution < -0.4 is 0 Å². The lowest BCUT2D eigenvalue weighted by Gasteiger charge is -2.25. The van der Waals surface area contributed by atoms with Crippen LogP contribution in [0.25, 0.3) is 0 Å². The Hall–Kier alpha value is -1.45. The van der Waals surface area contributed by atoms with Crippen molar-refractivity contribution in [2.75, 3.05) is 0 Å². The first-order valence-corrected chi connectivity index (χ1v) is 4.75. The standard InChI is InChI=1S/C10H11NO3/c12-10-3-1-2-7-4-5-8(11(13)14)6-9(7)10/h4-5,9H,1-3,6H2.